The lowest BCUT2D eigenvalue weighted by molar-refractivity contribution is 0.0419. The van der Waals surface area contributed by atoms with E-state index in [-0.39, 0.29) is 22.8 Å². The summed E-state index contributed by atoms with van der Waals surface area (Å²) in [6.45, 7) is 1.86. The normalized spacial score (nSPS) is 17.8. The average molecular weight is 392 g/mol. The number of aliphatic hydroxyl groups excluding tert-OH is 1. The summed E-state index contributed by atoms with van der Waals surface area (Å²) in [6.07, 6.45) is 6.86. The lowest BCUT2D eigenvalue weighted by atomic mass is 9.90. The number of aryl methyl sites for hydroxylation is 3. The molecular formula is C22H24N4O3. The first-order chi connectivity index (χ1) is 14.0. The summed E-state index contributed by atoms with van der Waals surface area (Å²) in [4.78, 5) is 32.1. The summed E-state index contributed by atoms with van der Waals surface area (Å²) < 4.78 is 3.87. The van der Waals surface area contributed by atoms with Crippen LogP contribution in [0.3, 0.4) is 0 Å². The predicted molar refractivity (Wildman–Crippen MR) is 109 cm³/mol. The van der Waals surface area contributed by atoms with Crippen LogP contribution in [0.15, 0.2) is 41.6 Å². The predicted octanol–water partition coefficient (Wildman–Crippen LogP) is 1.88. The second kappa shape index (κ2) is 6.84. The summed E-state index contributed by atoms with van der Waals surface area (Å²) in [6, 6.07) is 5.76. The van der Waals surface area contributed by atoms with Crippen LogP contribution in [0, 0.1) is 5.92 Å². The van der Waals surface area contributed by atoms with Crippen molar-refractivity contribution in [3.05, 3.63) is 64.0 Å². The fourth-order valence-electron chi connectivity index (χ4n) is 4.77. The van der Waals surface area contributed by atoms with Gasteiger partial charge < -0.3 is 19.1 Å². The van der Waals surface area contributed by atoms with Crippen molar-refractivity contribution >= 4 is 16.8 Å². The number of amides is 1. The molecule has 1 aromatic carbocycles. The number of hydrogen-bond acceptors (Lipinski definition) is 4. The molecule has 7 heteroatoms. The Hall–Kier alpha value is -2.93. The number of pyridine rings is 1. The fraction of sp³-hybridized carbons (Fsp3) is 0.409. The molecule has 1 N–H and O–H groups in total. The third kappa shape index (κ3) is 2.88. The van der Waals surface area contributed by atoms with Gasteiger partial charge >= 0.3 is 0 Å². The molecule has 0 radical (unpaired) electrons. The molecule has 2 aliphatic rings. The number of hydrogen-bond donors (Lipinski definition) is 1. The minimum absolute atomic E-state index is 0.0538. The van der Waals surface area contributed by atoms with Crippen molar-refractivity contribution in [3.8, 4) is 0 Å². The molecule has 0 saturated carbocycles. The highest BCUT2D eigenvalue weighted by Crippen LogP contribution is 2.30. The van der Waals surface area contributed by atoms with Gasteiger partial charge in [-0.25, -0.2) is 4.98 Å². The van der Waals surface area contributed by atoms with Gasteiger partial charge in [0.2, 0.25) is 5.43 Å². The van der Waals surface area contributed by atoms with Crippen molar-refractivity contribution in [2.45, 2.75) is 31.9 Å². The van der Waals surface area contributed by atoms with Gasteiger partial charge in [0.05, 0.1) is 5.52 Å². The number of imidazole rings is 1. The van der Waals surface area contributed by atoms with E-state index in [4.69, 9.17) is 0 Å². The Bertz CT molecular complexity index is 1150. The van der Waals surface area contributed by atoms with Crippen LogP contribution in [0.25, 0.3) is 10.9 Å². The summed E-state index contributed by atoms with van der Waals surface area (Å²) >= 11 is 0. The van der Waals surface area contributed by atoms with E-state index >= 15 is 0 Å². The summed E-state index contributed by atoms with van der Waals surface area (Å²) in [5, 5.41) is 11.3. The Labute approximate surface area is 168 Å². The SMILES string of the molecule is Cn1ccnc1C(O)C1CCN(C(=O)c2cn3c4c(cccc4c2=O)CC3)CC1. The van der Waals surface area contributed by atoms with Crippen molar-refractivity contribution in [3.63, 3.8) is 0 Å². The van der Waals surface area contributed by atoms with Crippen LogP contribution in [0.1, 0.15) is 40.7 Å². The lowest BCUT2D eigenvalue weighted by Crippen LogP contribution is -2.41. The number of likely N-dealkylation sites (tertiary alicyclic amines) is 1. The fourth-order valence-corrected chi connectivity index (χ4v) is 4.77. The Morgan fingerprint density at radius 3 is 2.76 bits per heavy atom. The number of nitrogens with zero attached hydrogens (tertiary/aromatic N) is 4. The van der Waals surface area contributed by atoms with Gasteiger partial charge in [0.25, 0.3) is 5.91 Å². The van der Waals surface area contributed by atoms with Crippen LogP contribution in [0.2, 0.25) is 0 Å². The van der Waals surface area contributed by atoms with Gasteiger partial charge in [0, 0.05) is 50.7 Å². The maximum atomic E-state index is 13.1. The highest BCUT2D eigenvalue weighted by atomic mass is 16.3. The van der Waals surface area contributed by atoms with Crippen LogP contribution >= 0.6 is 0 Å². The number of carbonyl (C=O) groups is 1. The van der Waals surface area contributed by atoms with E-state index < -0.39 is 6.10 Å². The number of aliphatic hydroxyl groups is 1. The molecule has 0 spiro atoms. The molecule has 4 heterocycles. The molecule has 0 aliphatic carbocycles. The van der Waals surface area contributed by atoms with Gasteiger partial charge in [-0.05, 0) is 36.8 Å². The van der Waals surface area contributed by atoms with Gasteiger partial charge in [0.15, 0.2) is 0 Å². The largest absolute Gasteiger partial charge is 0.385 e. The molecule has 1 atom stereocenters. The zero-order valence-corrected chi connectivity index (χ0v) is 16.4. The van der Waals surface area contributed by atoms with Gasteiger partial charge in [-0.2, -0.15) is 0 Å². The van der Waals surface area contributed by atoms with Crippen molar-refractivity contribution in [1.29, 1.82) is 0 Å². The maximum Gasteiger partial charge on any atom is 0.259 e. The smallest absolute Gasteiger partial charge is 0.259 e. The van der Waals surface area contributed by atoms with Crippen LogP contribution in [-0.2, 0) is 20.0 Å². The molecule has 150 valence electrons. The standard InChI is InChI=1S/C22H24N4O3/c1-24-12-8-23-21(24)19(27)15-6-9-25(10-7-15)22(29)17-13-26-11-5-14-3-2-4-16(18(14)26)20(17)28/h2-4,8,12-13,15,19,27H,5-7,9-11H2,1H3. The molecule has 5 rings (SSSR count). The first-order valence-corrected chi connectivity index (χ1v) is 10.1. The molecule has 0 bridgehead atoms. The molecule has 1 fully saturated rings. The zero-order chi connectivity index (χ0) is 20.1. The van der Waals surface area contributed by atoms with E-state index in [0.29, 0.717) is 37.1 Å². The monoisotopic (exact) mass is 392 g/mol. The van der Waals surface area contributed by atoms with Crippen LogP contribution in [-0.4, -0.2) is 43.1 Å². The molecule has 2 aromatic heterocycles. The quantitative estimate of drug-likeness (QED) is 0.738. The molecular weight excluding hydrogens is 368 g/mol. The van der Waals surface area contributed by atoms with Gasteiger partial charge in [0.1, 0.15) is 17.5 Å². The van der Waals surface area contributed by atoms with E-state index in [2.05, 4.69) is 4.98 Å². The molecule has 7 nitrogen and oxygen atoms in total. The van der Waals surface area contributed by atoms with Gasteiger partial charge in [-0.3, -0.25) is 9.59 Å². The van der Waals surface area contributed by atoms with E-state index in [1.165, 1.54) is 5.56 Å². The van der Waals surface area contributed by atoms with Crippen LogP contribution in [0.5, 0.6) is 0 Å². The van der Waals surface area contributed by atoms with E-state index in [9.17, 15) is 14.7 Å². The second-order valence-corrected chi connectivity index (χ2v) is 8.10. The zero-order valence-electron chi connectivity index (χ0n) is 16.4. The number of carbonyl (C=O) groups excluding carboxylic acids is 1. The molecule has 2 aliphatic heterocycles. The molecule has 29 heavy (non-hydrogen) atoms. The Morgan fingerprint density at radius 1 is 1.24 bits per heavy atom. The topological polar surface area (TPSA) is 80.4 Å². The van der Waals surface area contributed by atoms with E-state index in [0.717, 1.165) is 18.5 Å². The maximum absolute atomic E-state index is 13.1. The van der Waals surface area contributed by atoms with Crippen LogP contribution < -0.4 is 5.43 Å². The summed E-state index contributed by atoms with van der Waals surface area (Å²) in [7, 11) is 1.87. The average Bonchev–Trinajstić information content (AvgIpc) is 3.36. The molecule has 3 aromatic rings. The van der Waals surface area contributed by atoms with Crippen molar-refractivity contribution < 1.29 is 9.90 Å². The highest BCUT2D eigenvalue weighted by molar-refractivity contribution is 5.98. The Balaban J connectivity index is 1.36. The Kier molecular flexibility index (Phi) is 4.28. The molecule has 1 saturated heterocycles. The molecule has 1 unspecified atom stereocenters. The number of piperidine rings is 1. The second-order valence-electron chi connectivity index (χ2n) is 8.10. The minimum Gasteiger partial charge on any atom is -0.385 e. The first kappa shape index (κ1) is 18.1. The number of rotatable bonds is 3. The number of aromatic nitrogens is 3. The van der Waals surface area contributed by atoms with E-state index in [1.54, 1.807) is 17.3 Å². The van der Waals surface area contributed by atoms with Crippen LogP contribution in [0.4, 0.5) is 0 Å². The molecule has 1 amide bonds. The van der Waals surface area contributed by atoms with E-state index in [1.807, 2.05) is 40.6 Å². The van der Waals surface area contributed by atoms with Gasteiger partial charge in [-0.1, -0.05) is 12.1 Å². The number of benzene rings is 1. The van der Waals surface area contributed by atoms with Crippen molar-refractivity contribution in [2.75, 3.05) is 13.1 Å². The summed E-state index contributed by atoms with van der Waals surface area (Å²) in [5.41, 5.74) is 2.20. The third-order valence-corrected chi connectivity index (χ3v) is 6.43. The summed E-state index contributed by atoms with van der Waals surface area (Å²) in [5.74, 6) is 0.502. The van der Waals surface area contributed by atoms with Gasteiger partial charge in [-0.15, -0.1) is 0 Å². The third-order valence-electron chi connectivity index (χ3n) is 6.43. The van der Waals surface area contributed by atoms with Crippen molar-refractivity contribution in [2.24, 2.45) is 13.0 Å². The minimum atomic E-state index is -0.641. The van der Waals surface area contributed by atoms with Crippen molar-refractivity contribution in [1.82, 2.24) is 19.0 Å². The first-order valence-electron chi connectivity index (χ1n) is 10.1. The number of para-hydroxylation sites is 1. The Morgan fingerprint density at radius 2 is 2.03 bits per heavy atom. The highest BCUT2D eigenvalue weighted by Gasteiger charge is 2.31. The lowest BCUT2D eigenvalue weighted by Gasteiger charge is -2.34.